The van der Waals surface area contributed by atoms with Crippen molar-refractivity contribution in [3.63, 3.8) is 0 Å². The molecule has 0 saturated carbocycles. The number of amides is 1. The van der Waals surface area contributed by atoms with E-state index >= 15 is 0 Å². The number of hydrogen-bond acceptors (Lipinski definition) is 3. The molecule has 2 N–H and O–H groups in total. The first-order chi connectivity index (χ1) is 9.61. The van der Waals surface area contributed by atoms with E-state index in [1.807, 2.05) is 11.8 Å². The molecule has 1 unspecified atom stereocenters. The summed E-state index contributed by atoms with van der Waals surface area (Å²) in [5.41, 5.74) is 7.00. The highest BCUT2D eigenvalue weighted by molar-refractivity contribution is 7.80. The van der Waals surface area contributed by atoms with Crippen LogP contribution in [0.3, 0.4) is 0 Å². The van der Waals surface area contributed by atoms with E-state index in [9.17, 15) is 4.79 Å². The van der Waals surface area contributed by atoms with Crippen LogP contribution >= 0.6 is 12.2 Å². The van der Waals surface area contributed by atoms with Crippen molar-refractivity contribution in [2.45, 2.75) is 25.9 Å². The minimum absolute atomic E-state index is 0.0453. The Labute approximate surface area is 124 Å². The molecule has 20 heavy (non-hydrogen) atoms. The second-order valence-corrected chi connectivity index (χ2v) is 5.35. The summed E-state index contributed by atoms with van der Waals surface area (Å²) in [6, 6.07) is 7.14. The number of benzene rings is 1. The number of likely N-dealkylation sites (tertiary alicyclic amines) is 1. The van der Waals surface area contributed by atoms with Gasteiger partial charge in [0.15, 0.2) is 0 Å². The third kappa shape index (κ3) is 3.55. The molecule has 5 heteroatoms. The Morgan fingerprint density at radius 1 is 1.40 bits per heavy atom. The van der Waals surface area contributed by atoms with Gasteiger partial charge in [-0.2, -0.15) is 0 Å². The first-order valence-electron chi connectivity index (χ1n) is 6.92. The minimum Gasteiger partial charge on any atom is -0.389 e. The maximum absolute atomic E-state index is 12.4. The molecule has 108 valence electrons. The van der Waals surface area contributed by atoms with Crippen molar-refractivity contribution >= 4 is 23.1 Å². The van der Waals surface area contributed by atoms with Crippen LogP contribution in [0.1, 0.15) is 35.7 Å². The number of piperidine rings is 1. The van der Waals surface area contributed by atoms with Crippen LogP contribution in [0.2, 0.25) is 0 Å². The van der Waals surface area contributed by atoms with Crippen molar-refractivity contribution in [3.8, 4) is 0 Å². The fourth-order valence-electron chi connectivity index (χ4n) is 2.45. The van der Waals surface area contributed by atoms with Gasteiger partial charge in [-0.05, 0) is 31.9 Å². The van der Waals surface area contributed by atoms with E-state index in [-0.39, 0.29) is 12.0 Å². The quantitative estimate of drug-likeness (QED) is 0.862. The summed E-state index contributed by atoms with van der Waals surface area (Å²) in [5, 5.41) is 0. The summed E-state index contributed by atoms with van der Waals surface area (Å²) in [6.45, 7) is 4.13. The number of ether oxygens (including phenoxy) is 1. The maximum atomic E-state index is 12.4. The molecule has 0 spiro atoms. The Morgan fingerprint density at radius 2 is 2.05 bits per heavy atom. The van der Waals surface area contributed by atoms with Crippen LogP contribution in [0, 0.1) is 0 Å². The fraction of sp³-hybridized carbons (Fsp3) is 0.467. The highest BCUT2D eigenvalue weighted by Gasteiger charge is 2.24. The highest BCUT2D eigenvalue weighted by Crippen LogP contribution is 2.16. The number of carbonyl (C=O) groups is 1. The van der Waals surface area contributed by atoms with E-state index in [0.717, 1.165) is 24.9 Å². The number of thiocarbonyl (C=S) groups is 1. The number of carbonyl (C=O) groups excluding carboxylic acids is 1. The van der Waals surface area contributed by atoms with Gasteiger partial charge < -0.3 is 15.4 Å². The molecule has 1 aromatic rings. The molecule has 1 saturated heterocycles. The van der Waals surface area contributed by atoms with Crippen LogP contribution in [0.15, 0.2) is 24.3 Å². The molecule has 0 aliphatic carbocycles. The SMILES string of the molecule is CCOC1CCCN(C(=O)c2ccc(C(N)=S)cc2)C1. The molecule has 1 aliphatic rings. The van der Waals surface area contributed by atoms with Gasteiger partial charge in [0.05, 0.1) is 6.10 Å². The van der Waals surface area contributed by atoms with Crippen LogP contribution in [-0.4, -0.2) is 41.6 Å². The third-order valence-electron chi connectivity index (χ3n) is 3.48. The molecule has 1 aromatic carbocycles. The standard InChI is InChI=1S/C15H20N2O2S/c1-2-19-13-4-3-9-17(10-13)15(18)12-7-5-11(6-8-12)14(16)20/h5-8,13H,2-4,9-10H2,1H3,(H2,16,20). The smallest absolute Gasteiger partial charge is 0.253 e. The predicted octanol–water partition coefficient (Wildman–Crippen LogP) is 1.96. The molecule has 0 bridgehead atoms. The summed E-state index contributed by atoms with van der Waals surface area (Å²) in [7, 11) is 0. The zero-order valence-electron chi connectivity index (χ0n) is 11.7. The van der Waals surface area contributed by atoms with E-state index in [1.165, 1.54) is 0 Å². The maximum Gasteiger partial charge on any atom is 0.253 e. The minimum atomic E-state index is 0.0453. The van der Waals surface area contributed by atoms with Crippen molar-refractivity contribution in [1.82, 2.24) is 4.90 Å². The zero-order chi connectivity index (χ0) is 14.5. The Balaban J connectivity index is 2.04. The van der Waals surface area contributed by atoms with E-state index in [4.69, 9.17) is 22.7 Å². The Morgan fingerprint density at radius 3 is 2.65 bits per heavy atom. The van der Waals surface area contributed by atoms with E-state index in [1.54, 1.807) is 24.3 Å². The molecule has 1 heterocycles. The Hall–Kier alpha value is -1.46. The number of rotatable bonds is 4. The second-order valence-electron chi connectivity index (χ2n) is 4.91. The van der Waals surface area contributed by atoms with Gasteiger partial charge in [-0.15, -0.1) is 0 Å². The lowest BCUT2D eigenvalue weighted by atomic mass is 10.1. The molecule has 2 rings (SSSR count). The zero-order valence-corrected chi connectivity index (χ0v) is 12.5. The summed E-state index contributed by atoms with van der Waals surface area (Å²) in [5.74, 6) is 0.0453. The number of nitrogens with zero attached hydrogens (tertiary/aromatic N) is 1. The van der Waals surface area contributed by atoms with Crippen LogP contribution in [0.5, 0.6) is 0 Å². The third-order valence-corrected chi connectivity index (χ3v) is 3.72. The summed E-state index contributed by atoms with van der Waals surface area (Å²) < 4.78 is 5.62. The molecule has 1 fully saturated rings. The average Bonchev–Trinajstić information content (AvgIpc) is 2.47. The van der Waals surface area contributed by atoms with Gasteiger partial charge in [0, 0.05) is 30.8 Å². The molecule has 1 atom stereocenters. The topological polar surface area (TPSA) is 55.6 Å². The Kier molecular flexibility index (Phi) is 5.09. The van der Waals surface area contributed by atoms with Crippen LogP contribution in [0.25, 0.3) is 0 Å². The van der Waals surface area contributed by atoms with Gasteiger partial charge in [0.25, 0.3) is 5.91 Å². The average molecular weight is 292 g/mol. The van der Waals surface area contributed by atoms with E-state index in [2.05, 4.69) is 0 Å². The molecule has 4 nitrogen and oxygen atoms in total. The second kappa shape index (κ2) is 6.81. The first kappa shape index (κ1) is 14.9. The largest absolute Gasteiger partial charge is 0.389 e. The van der Waals surface area contributed by atoms with Crippen molar-refractivity contribution in [2.24, 2.45) is 5.73 Å². The number of hydrogen-bond donors (Lipinski definition) is 1. The molecule has 1 amide bonds. The van der Waals surface area contributed by atoms with Crippen LogP contribution in [-0.2, 0) is 4.74 Å². The van der Waals surface area contributed by atoms with Gasteiger partial charge in [-0.1, -0.05) is 24.4 Å². The molecule has 1 aliphatic heterocycles. The van der Waals surface area contributed by atoms with Gasteiger partial charge in [0.2, 0.25) is 0 Å². The molecule has 0 aromatic heterocycles. The predicted molar refractivity (Wildman–Crippen MR) is 82.9 cm³/mol. The monoisotopic (exact) mass is 292 g/mol. The van der Waals surface area contributed by atoms with E-state index < -0.39 is 0 Å². The van der Waals surface area contributed by atoms with Crippen molar-refractivity contribution < 1.29 is 9.53 Å². The van der Waals surface area contributed by atoms with Crippen molar-refractivity contribution in [1.29, 1.82) is 0 Å². The van der Waals surface area contributed by atoms with Gasteiger partial charge in [-0.3, -0.25) is 4.79 Å². The summed E-state index contributed by atoms with van der Waals surface area (Å²) in [6.07, 6.45) is 2.17. The molecule has 0 radical (unpaired) electrons. The lowest BCUT2D eigenvalue weighted by Crippen LogP contribution is -2.43. The summed E-state index contributed by atoms with van der Waals surface area (Å²) in [4.78, 5) is 14.6. The van der Waals surface area contributed by atoms with Crippen LogP contribution < -0.4 is 5.73 Å². The van der Waals surface area contributed by atoms with Gasteiger partial charge in [0.1, 0.15) is 4.99 Å². The van der Waals surface area contributed by atoms with Crippen LogP contribution in [0.4, 0.5) is 0 Å². The Bertz CT molecular complexity index is 485. The first-order valence-corrected chi connectivity index (χ1v) is 7.33. The fourth-order valence-corrected chi connectivity index (χ4v) is 2.59. The summed E-state index contributed by atoms with van der Waals surface area (Å²) >= 11 is 4.91. The highest BCUT2D eigenvalue weighted by atomic mass is 32.1. The lowest BCUT2D eigenvalue weighted by molar-refractivity contribution is 0.00724. The van der Waals surface area contributed by atoms with Crippen molar-refractivity contribution in [3.05, 3.63) is 35.4 Å². The molecular formula is C15H20N2O2S. The lowest BCUT2D eigenvalue weighted by Gasteiger charge is -2.32. The van der Waals surface area contributed by atoms with Gasteiger partial charge in [-0.25, -0.2) is 0 Å². The van der Waals surface area contributed by atoms with Crippen molar-refractivity contribution in [2.75, 3.05) is 19.7 Å². The number of nitrogens with two attached hydrogens (primary N) is 1. The normalized spacial score (nSPS) is 18.9. The molecular weight excluding hydrogens is 272 g/mol. The van der Waals surface area contributed by atoms with Gasteiger partial charge >= 0.3 is 0 Å². The van der Waals surface area contributed by atoms with E-state index in [0.29, 0.717) is 23.7 Å².